The van der Waals surface area contributed by atoms with E-state index in [2.05, 4.69) is 17.1 Å². The molecule has 0 saturated carbocycles. The number of nitrogens with one attached hydrogen (secondary N) is 1. The average Bonchev–Trinajstić information content (AvgIpc) is 2.13. The lowest BCUT2D eigenvalue weighted by molar-refractivity contribution is 0.159. The molecule has 3 nitrogen and oxygen atoms in total. The van der Waals surface area contributed by atoms with E-state index < -0.39 is 0 Å². The summed E-state index contributed by atoms with van der Waals surface area (Å²) in [5.74, 6) is 0.776. The van der Waals surface area contributed by atoms with Crippen LogP contribution in [-0.2, 0) is 4.74 Å². The van der Waals surface area contributed by atoms with Crippen LogP contribution in [0.2, 0.25) is 0 Å². The van der Waals surface area contributed by atoms with Crippen molar-refractivity contribution in [2.45, 2.75) is 19.8 Å². The Morgan fingerprint density at radius 2 is 2.36 bits per heavy atom. The topological polar surface area (TPSA) is 24.5 Å². The lowest BCUT2D eigenvalue weighted by Gasteiger charge is -2.28. The Bertz CT molecular complexity index is 141. The summed E-state index contributed by atoms with van der Waals surface area (Å²) < 4.78 is 5.08. The van der Waals surface area contributed by atoms with Crippen LogP contribution in [0.1, 0.15) is 19.8 Å². The van der Waals surface area contributed by atoms with Crippen LogP contribution in [0.4, 0.5) is 0 Å². The molecule has 0 aliphatic carbocycles. The summed E-state index contributed by atoms with van der Waals surface area (Å²) in [6.07, 6.45) is 2.44. The zero-order chi connectivity index (χ0) is 10.2. The van der Waals surface area contributed by atoms with Gasteiger partial charge < -0.3 is 15.0 Å². The van der Waals surface area contributed by atoms with Crippen LogP contribution in [0.15, 0.2) is 0 Å². The van der Waals surface area contributed by atoms with Gasteiger partial charge in [0, 0.05) is 26.8 Å². The van der Waals surface area contributed by atoms with E-state index in [1.807, 2.05) is 0 Å². The molecule has 0 aromatic heterocycles. The van der Waals surface area contributed by atoms with Crippen molar-refractivity contribution in [3.05, 3.63) is 0 Å². The van der Waals surface area contributed by atoms with Gasteiger partial charge in [-0.2, -0.15) is 0 Å². The lowest BCUT2D eigenvalue weighted by atomic mass is 10.1. The molecule has 1 unspecified atom stereocenters. The fourth-order valence-electron chi connectivity index (χ4n) is 2.01. The van der Waals surface area contributed by atoms with Crippen molar-refractivity contribution < 1.29 is 4.74 Å². The molecule has 0 radical (unpaired) electrons. The second kappa shape index (κ2) is 7.21. The summed E-state index contributed by atoms with van der Waals surface area (Å²) in [4.78, 5) is 2.57. The summed E-state index contributed by atoms with van der Waals surface area (Å²) in [5, 5.41) is 3.47. The molecule has 3 heteroatoms. The number of methoxy groups -OCH3 is 1. The van der Waals surface area contributed by atoms with Crippen LogP contribution in [0.5, 0.6) is 0 Å². The van der Waals surface area contributed by atoms with E-state index in [9.17, 15) is 0 Å². The van der Waals surface area contributed by atoms with Gasteiger partial charge in [-0.1, -0.05) is 6.92 Å². The molecule has 1 atom stereocenters. The molecule has 1 saturated heterocycles. The van der Waals surface area contributed by atoms with Crippen molar-refractivity contribution in [3.8, 4) is 0 Å². The molecule has 0 spiro atoms. The molecule has 1 rings (SSSR count). The van der Waals surface area contributed by atoms with Gasteiger partial charge in [0.15, 0.2) is 0 Å². The minimum atomic E-state index is 0.776. The molecule has 1 fully saturated rings. The number of nitrogens with zero attached hydrogens (tertiary/aromatic N) is 1. The maximum Gasteiger partial charge on any atom is 0.0474 e. The van der Waals surface area contributed by atoms with E-state index in [1.54, 1.807) is 7.11 Å². The molecule has 1 aliphatic rings. The number of hydrogen-bond acceptors (Lipinski definition) is 3. The normalized spacial score (nSPS) is 25.7. The first kappa shape index (κ1) is 12.0. The smallest absolute Gasteiger partial charge is 0.0474 e. The van der Waals surface area contributed by atoms with Crippen LogP contribution in [0.25, 0.3) is 0 Å². The molecule has 0 amide bonds. The maximum absolute atomic E-state index is 5.08. The van der Waals surface area contributed by atoms with Crippen LogP contribution < -0.4 is 5.32 Å². The Hall–Kier alpha value is -0.120. The van der Waals surface area contributed by atoms with Gasteiger partial charge in [-0.25, -0.2) is 0 Å². The molecule has 14 heavy (non-hydrogen) atoms. The summed E-state index contributed by atoms with van der Waals surface area (Å²) >= 11 is 0. The van der Waals surface area contributed by atoms with Gasteiger partial charge in [-0.05, 0) is 38.4 Å². The zero-order valence-corrected chi connectivity index (χ0v) is 9.59. The quantitative estimate of drug-likeness (QED) is 0.684. The van der Waals surface area contributed by atoms with E-state index in [4.69, 9.17) is 4.74 Å². The van der Waals surface area contributed by atoms with Crippen molar-refractivity contribution in [1.82, 2.24) is 10.2 Å². The molecule has 0 bridgehead atoms. The maximum atomic E-state index is 5.08. The number of ether oxygens (including phenoxy) is 1. The van der Waals surface area contributed by atoms with Gasteiger partial charge in [-0.3, -0.25) is 0 Å². The highest BCUT2D eigenvalue weighted by molar-refractivity contribution is 4.69. The van der Waals surface area contributed by atoms with Gasteiger partial charge in [0.2, 0.25) is 0 Å². The summed E-state index contributed by atoms with van der Waals surface area (Å²) in [6.45, 7) is 9.21. The molecule has 1 N–H and O–H groups in total. The largest absolute Gasteiger partial charge is 0.385 e. The standard InChI is InChI=1S/C11H24N2O/c1-11-9-12-5-3-6-13(10-11)7-4-8-14-2/h11-12H,3-10H2,1-2H3. The number of rotatable bonds is 4. The monoisotopic (exact) mass is 200 g/mol. The summed E-state index contributed by atoms with van der Waals surface area (Å²) in [5.41, 5.74) is 0. The van der Waals surface area contributed by atoms with E-state index in [0.717, 1.165) is 18.9 Å². The Morgan fingerprint density at radius 3 is 3.14 bits per heavy atom. The van der Waals surface area contributed by atoms with Gasteiger partial charge in [-0.15, -0.1) is 0 Å². The highest BCUT2D eigenvalue weighted by Crippen LogP contribution is 2.04. The molecular formula is C11H24N2O. The number of hydrogen-bond donors (Lipinski definition) is 1. The van der Waals surface area contributed by atoms with Crippen LogP contribution in [0.3, 0.4) is 0 Å². The Labute approximate surface area is 87.8 Å². The fourth-order valence-corrected chi connectivity index (χ4v) is 2.01. The zero-order valence-electron chi connectivity index (χ0n) is 9.59. The first-order valence-electron chi connectivity index (χ1n) is 5.75. The molecule has 1 heterocycles. The average molecular weight is 200 g/mol. The minimum absolute atomic E-state index is 0.776. The lowest BCUT2D eigenvalue weighted by Crippen LogP contribution is -2.39. The van der Waals surface area contributed by atoms with E-state index in [1.165, 1.54) is 39.1 Å². The predicted molar refractivity (Wildman–Crippen MR) is 59.6 cm³/mol. The van der Waals surface area contributed by atoms with E-state index in [-0.39, 0.29) is 0 Å². The van der Waals surface area contributed by atoms with E-state index >= 15 is 0 Å². The van der Waals surface area contributed by atoms with Gasteiger partial charge in [0.05, 0.1) is 0 Å². The minimum Gasteiger partial charge on any atom is -0.385 e. The van der Waals surface area contributed by atoms with Crippen molar-refractivity contribution in [1.29, 1.82) is 0 Å². The Kier molecular flexibility index (Phi) is 6.15. The van der Waals surface area contributed by atoms with Crippen LogP contribution in [-0.4, -0.2) is 51.3 Å². The summed E-state index contributed by atoms with van der Waals surface area (Å²) in [6, 6.07) is 0. The second-order valence-corrected chi connectivity index (χ2v) is 4.31. The molecule has 0 aromatic rings. The van der Waals surface area contributed by atoms with Crippen LogP contribution >= 0.6 is 0 Å². The third kappa shape index (κ3) is 4.94. The molecule has 1 aliphatic heterocycles. The van der Waals surface area contributed by atoms with Crippen molar-refractivity contribution >= 4 is 0 Å². The molecule has 0 aromatic carbocycles. The Balaban J connectivity index is 2.18. The first-order chi connectivity index (χ1) is 6.83. The predicted octanol–water partition coefficient (Wildman–Crippen LogP) is 0.954. The highest BCUT2D eigenvalue weighted by Gasteiger charge is 2.12. The molecule has 84 valence electrons. The third-order valence-corrected chi connectivity index (χ3v) is 2.71. The van der Waals surface area contributed by atoms with E-state index in [0.29, 0.717) is 0 Å². The third-order valence-electron chi connectivity index (χ3n) is 2.71. The van der Waals surface area contributed by atoms with Gasteiger partial charge >= 0.3 is 0 Å². The van der Waals surface area contributed by atoms with Crippen molar-refractivity contribution in [2.24, 2.45) is 5.92 Å². The Morgan fingerprint density at radius 1 is 1.50 bits per heavy atom. The molecular weight excluding hydrogens is 176 g/mol. The van der Waals surface area contributed by atoms with Crippen molar-refractivity contribution in [2.75, 3.05) is 46.4 Å². The first-order valence-corrected chi connectivity index (χ1v) is 5.75. The highest BCUT2D eigenvalue weighted by atomic mass is 16.5. The SMILES string of the molecule is COCCCN1CCCNCC(C)C1. The second-order valence-electron chi connectivity index (χ2n) is 4.31. The van der Waals surface area contributed by atoms with Crippen LogP contribution in [0, 0.1) is 5.92 Å². The van der Waals surface area contributed by atoms with Gasteiger partial charge in [0.1, 0.15) is 0 Å². The van der Waals surface area contributed by atoms with Gasteiger partial charge in [0.25, 0.3) is 0 Å². The summed E-state index contributed by atoms with van der Waals surface area (Å²) in [7, 11) is 1.78. The van der Waals surface area contributed by atoms with Crippen molar-refractivity contribution in [3.63, 3.8) is 0 Å². The fraction of sp³-hybridized carbons (Fsp3) is 1.00.